The second-order valence-corrected chi connectivity index (χ2v) is 4.00. The van der Waals surface area contributed by atoms with Gasteiger partial charge in [-0.25, -0.2) is 0 Å². The average molecular weight is 188 g/mol. The molecule has 1 atom stereocenters. The maximum Gasteiger partial charge on any atom is 0.309 e. The molecule has 0 aliphatic carbocycles. The molecule has 3 heteroatoms. The van der Waals surface area contributed by atoms with Gasteiger partial charge in [0.25, 0.3) is 0 Å². The first-order valence-electron chi connectivity index (χ1n) is 4.81. The summed E-state index contributed by atoms with van der Waals surface area (Å²) in [7, 11) is 0. The lowest BCUT2D eigenvalue weighted by Crippen LogP contribution is -2.32. The minimum Gasteiger partial charge on any atom is -0.481 e. The van der Waals surface area contributed by atoms with E-state index in [1.165, 1.54) is 0 Å². The third-order valence-corrected chi connectivity index (χ3v) is 2.78. The quantitative estimate of drug-likeness (QED) is 0.669. The van der Waals surface area contributed by atoms with Gasteiger partial charge in [-0.05, 0) is 32.6 Å². The summed E-state index contributed by atoms with van der Waals surface area (Å²) in [6, 6.07) is 0. The molecule has 1 unspecified atom stereocenters. The molecule has 0 radical (unpaired) electrons. The van der Waals surface area contributed by atoms with Crippen LogP contribution >= 0.6 is 0 Å². The molecule has 0 spiro atoms. The lowest BCUT2D eigenvalue weighted by Gasteiger charge is -2.29. The largest absolute Gasteiger partial charge is 0.481 e. The Hall–Kier alpha value is -0.570. The maximum absolute atomic E-state index is 10.9. The first kappa shape index (κ1) is 12.4. The van der Waals surface area contributed by atoms with Crippen molar-refractivity contribution in [3.8, 4) is 0 Å². The zero-order valence-electron chi connectivity index (χ0n) is 8.71. The van der Waals surface area contributed by atoms with Gasteiger partial charge in [0.1, 0.15) is 0 Å². The number of carboxylic acids is 1. The van der Waals surface area contributed by atoms with Crippen molar-refractivity contribution in [2.24, 2.45) is 11.3 Å². The summed E-state index contributed by atoms with van der Waals surface area (Å²) in [4.78, 5) is 10.9. The number of carbonyl (C=O) groups is 1. The van der Waals surface area contributed by atoms with Crippen LogP contribution in [-0.4, -0.2) is 22.8 Å². The second kappa shape index (κ2) is 5.22. The van der Waals surface area contributed by atoms with E-state index in [0.29, 0.717) is 6.42 Å². The predicted molar refractivity (Wildman–Crippen MR) is 51.5 cm³/mol. The number of hydrogen-bond acceptors (Lipinski definition) is 2. The molecule has 0 amide bonds. The molecule has 0 heterocycles. The van der Waals surface area contributed by atoms with Crippen LogP contribution in [0.2, 0.25) is 0 Å². The molecule has 0 saturated heterocycles. The van der Waals surface area contributed by atoms with Gasteiger partial charge in [0, 0.05) is 6.61 Å². The summed E-state index contributed by atoms with van der Waals surface area (Å²) in [5.41, 5.74) is -0.677. The van der Waals surface area contributed by atoms with Crippen molar-refractivity contribution in [1.29, 1.82) is 0 Å². The van der Waals surface area contributed by atoms with Crippen LogP contribution in [0.5, 0.6) is 0 Å². The van der Waals surface area contributed by atoms with Gasteiger partial charge in [0.2, 0.25) is 0 Å². The molecule has 0 aromatic carbocycles. The van der Waals surface area contributed by atoms with E-state index < -0.39 is 11.4 Å². The van der Waals surface area contributed by atoms with E-state index >= 15 is 0 Å². The van der Waals surface area contributed by atoms with E-state index in [2.05, 4.69) is 0 Å². The molecule has 2 N–H and O–H groups in total. The molecule has 0 fully saturated rings. The highest BCUT2D eigenvalue weighted by Gasteiger charge is 2.34. The maximum atomic E-state index is 10.9. The van der Waals surface area contributed by atoms with Crippen molar-refractivity contribution >= 4 is 5.97 Å². The first-order chi connectivity index (χ1) is 5.96. The van der Waals surface area contributed by atoms with E-state index in [4.69, 9.17) is 10.2 Å². The van der Waals surface area contributed by atoms with Gasteiger partial charge in [-0.15, -0.1) is 0 Å². The minimum atomic E-state index is -0.753. The van der Waals surface area contributed by atoms with Crippen LogP contribution in [0.15, 0.2) is 0 Å². The number of aliphatic hydroxyl groups excluding tert-OH is 1. The topological polar surface area (TPSA) is 57.5 Å². The molecule has 3 nitrogen and oxygen atoms in total. The Morgan fingerprint density at radius 2 is 2.00 bits per heavy atom. The van der Waals surface area contributed by atoms with Crippen LogP contribution in [0.1, 0.15) is 40.0 Å². The average Bonchev–Trinajstić information content (AvgIpc) is 2.05. The van der Waals surface area contributed by atoms with Gasteiger partial charge in [0.05, 0.1) is 5.41 Å². The standard InChI is InChI=1S/C10H20O3/c1-4-8(6-5-7-11)10(2,3)9(12)13/h8,11H,4-7H2,1-3H3,(H,12,13). The van der Waals surface area contributed by atoms with Gasteiger partial charge >= 0.3 is 5.97 Å². The predicted octanol–water partition coefficient (Wildman–Crippen LogP) is 1.90. The van der Waals surface area contributed by atoms with Crippen LogP contribution < -0.4 is 0 Å². The smallest absolute Gasteiger partial charge is 0.309 e. The fourth-order valence-corrected chi connectivity index (χ4v) is 1.59. The van der Waals surface area contributed by atoms with Crippen LogP contribution in [0.4, 0.5) is 0 Å². The van der Waals surface area contributed by atoms with Crippen LogP contribution in [0.3, 0.4) is 0 Å². The molecular weight excluding hydrogens is 168 g/mol. The highest BCUT2D eigenvalue weighted by atomic mass is 16.4. The van der Waals surface area contributed by atoms with Gasteiger partial charge in [-0.3, -0.25) is 4.79 Å². The number of hydrogen-bond donors (Lipinski definition) is 2. The Bertz CT molecular complexity index is 164. The summed E-state index contributed by atoms with van der Waals surface area (Å²) in [5, 5.41) is 17.6. The summed E-state index contributed by atoms with van der Waals surface area (Å²) in [6.07, 6.45) is 2.32. The van der Waals surface area contributed by atoms with E-state index in [9.17, 15) is 4.79 Å². The fraction of sp³-hybridized carbons (Fsp3) is 0.900. The zero-order valence-corrected chi connectivity index (χ0v) is 8.71. The van der Waals surface area contributed by atoms with Crippen LogP contribution in [0.25, 0.3) is 0 Å². The second-order valence-electron chi connectivity index (χ2n) is 4.00. The number of carboxylic acid groups (broad SMARTS) is 1. The third kappa shape index (κ3) is 3.35. The molecule has 0 aliphatic heterocycles. The van der Waals surface area contributed by atoms with Crippen molar-refractivity contribution in [2.75, 3.05) is 6.61 Å². The Morgan fingerprint density at radius 3 is 2.31 bits per heavy atom. The van der Waals surface area contributed by atoms with Crippen LogP contribution in [-0.2, 0) is 4.79 Å². The number of aliphatic hydroxyl groups is 1. The SMILES string of the molecule is CCC(CCCO)C(C)(C)C(=O)O. The molecular formula is C10H20O3. The Labute approximate surface area is 79.8 Å². The highest BCUT2D eigenvalue weighted by Crippen LogP contribution is 2.33. The summed E-state index contributed by atoms with van der Waals surface area (Å²) in [5.74, 6) is -0.602. The van der Waals surface area contributed by atoms with Crippen molar-refractivity contribution in [3.63, 3.8) is 0 Å². The zero-order chi connectivity index (χ0) is 10.5. The Balaban J connectivity index is 4.28. The molecule has 78 valence electrons. The fourth-order valence-electron chi connectivity index (χ4n) is 1.59. The lowest BCUT2D eigenvalue weighted by molar-refractivity contribution is -0.150. The summed E-state index contributed by atoms with van der Waals surface area (Å²) in [6.45, 7) is 5.64. The van der Waals surface area contributed by atoms with E-state index in [1.807, 2.05) is 6.92 Å². The van der Waals surface area contributed by atoms with Gasteiger partial charge in [-0.2, -0.15) is 0 Å². The minimum absolute atomic E-state index is 0.145. The Kier molecular flexibility index (Phi) is 4.99. The molecule has 13 heavy (non-hydrogen) atoms. The molecule has 0 rings (SSSR count). The summed E-state index contributed by atoms with van der Waals surface area (Å²) < 4.78 is 0. The third-order valence-electron chi connectivity index (χ3n) is 2.78. The monoisotopic (exact) mass is 188 g/mol. The van der Waals surface area contributed by atoms with Crippen LogP contribution in [0, 0.1) is 11.3 Å². The van der Waals surface area contributed by atoms with Crippen molar-refractivity contribution in [2.45, 2.75) is 40.0 Å². The number of rotatable bonds is 6. The van der Waals surface area contributed by atoms with Gasteiger partial charge < -0.3 is 10.2 Å². The van der Waals surface area contributed by atoms with Gasteiger partial charge in [0.15, 0.2) is 0 Å². The molecule has 0 saturated carbocycles. The van der Waals surface area contributed by atoms with Crippen molar-refractivity contribution in [3.05, 3.63) is 0 Å². The van der Waals surface area contributed by atoms with E-state index in [-0.39, 0.29) is 12.5 Å². The normalized spacial score (nSPS) is 14.2. The van der Waals surface area contributed by atoms with E-state index in [1.54, 1.807) is 13.8 Å². The molecule has 0 aromatic rings. The van der Waals surface area contributed by atoms with Crippen molar-refractivity contribution in [1.82, 2.24) is 0 Å². The first-order valence-corrected chi connectivity index (χ1v) is 4.81. The molecule has 0 bridgehead atoms. The number of aliphatic carboxylic acids is 1. The molecule has 0 aromatic heterocycles. The van der Waals surface area contributed by atoms with E-state index in [0.717, 1.165) is 12.8 Å². The Morgan fingerprint density at radius 1 is 1.46 bits per heavy atom. The van der Waals surface area contributed by atoms with Crippen molar-refractivity contribution < 1.29 is 15.0 Å². The molecule has 0 aliphatic rings. The summed E-state index contributed by atoms with van der Waals surface area (Å²) >= 11 is 0. The highest BCUT2D eigenvalue weighted by molar-refractivity contribution is 5.73. The van der Waals surface area contributed by atoms with Gasteiger partial charge in [-0.1, -0.05) is 13.3 Å². The lowest BCUT2D eigenvalue weighted by atomic mass is 9.75.